The molecule has 1 heterocycles. The van der Waals surface area contributed by atoms with Crippen LogP contribution in [0, 0.1) is 5.92 Å². The Labute approximate surface area is 114 Å². The number of nitrogens with one attached hydrogen (secondary N) is 1. The lowest BCUT2D eigenvalue weighted by Gasteiger charge is -2.26. The Balaban J connectivity index is 1.66. The van der Waals surface area contributed by atoms with Crippen molar-refractivity contribution >= 4 is 0 Å². The first-order valence-corrected chi connectivity index (χ1v) is 8.27. The predicted molar refractivity (Wildman–Crippen MR) is 78.9 cm³/mol. The van der Waals surface area contributed by atoms with Crippen LogP contribution in [-0.2, 0) is 0 Å². The third-order valence-corrected chi connectivity index (χ3v) is 5.13. The molecule has 0 aromatic rings. The summed E-state index contributed by atoms with van der Waals surface area (Å²) in [6.45, 7) is 8.59. The smallest absolute Gasteiger partial charge is 0.0192 e. The van der Waals surface area contributed by atoms with Crippen molar-refractivity contribution in [2.45, 2.75) is 77.3 Å². The van der Waals surface area contributed by atoms with Gasteiger partial charge >= 0.3 is 0 Å². The molecule has 18 heavy (non-hydrogen) atoms. The van der Waals surface area contributed by atoms with Gasteiger partial charge in [0.2, 0.25) is 0 Å². The second kappa shape index (κ2) is 7.49. The molecule has 1 saturated carbocycles. The highest BCUT2D eigenvalue weighted by atomic mass is 15.2. The van der Waals surface area contributed by atoms with E-state index in [-0.39, 0.29) is 0 Å². The molecule has 1 aliphatic heterocycles. The lowest BCUT2D eigenvalue weighted by atomic mass is 9.98. The van der Waals surface area contributed by atoms with Gasteiger partial charge in [0, 0.05) is 18.6 Å². The van der Waals surface area contributed by atoms with Crippen molar-refractivity contribution in [3.05, 3.63) is 0 Å². The largest absolute Gasteiger partial charge is 0.312 e. The first-order valence-electron chi connectivity index (χ1n) is 8.27. The Morgan fingerprint density at radius 1 is 1.06 bits per heavy atom. The topological polar surface area (TPSA) is 15.3 Å². The van der Waals surface area contributed by atoms with Gasteiger partial charge in [0.05, 0.1) is 0 Å². The van der Waals surface area contributed by atoms with E-state index in [4.69, 9.17) is 0 Å². The maximum absolute atomic E-state index is 3.84. The number of hydrogen-bond donors (Lipinski definition) is 1. The second-order valence-corrected chi connectivity index (χ2v) is 6.48. The molecule has 0 aromatic carbocycles. The highest BCUT2D eigenvalue weighted by molar-refractivity contribution is 4.79. The fraction of sp³-hybridized carbons (Fsp3) is 1.00. The highest BCUT2D eigenvalue weighted by Crippen LogP contribution is 2.25. The minimum atomic E-state index is 0.734. The molecule has 1 aliphatic carbocycles. The molecule has 0 amide bonds. The van der Waals surface area contributed by atoms with Crippen molar-refractivity contribution in [1.82, 2.24) is 10.2 Å². The third-order valence-electron chi connectivity index (χ3n) is 5.13. The van der Waals surface area contributed by atoms with E-state index in [0.717, 1.165) is 18.0 Å². The molecule has 2 heteroatoms. The molecule has 1 N–H and O–H groups in total. The van der Waals surface area contributed by atoms with Gasteiger partial charge in [-0.3, -0.25) is 4.90 Å². The lowest BCUT2D eigenvalue weighted by molar-refractivity contribution is 0.242. The van der Waals surface area contributed by atoms with Crippen LogP contribution in [0.2, 0.25) is 0 Å². The molecule has 0 aromatic heterocycles. The first-order chi connectivity index (χ1) is 8.79. The van der Waals surface area contributed by atoms with Gasteiger partial charge in [-0.05, 0) is 58.0 Å². The molecule has 0 bridgehead atoms. The zero-order chi connectivity index (χ0) is 12.8. The maximum Gasteiger partial charge on any atom is 0.0192 e. The van der Waals surface area contributed by atoms with Gasteiger partial charge in [-0.25, -0.2) is 0 Å². The standard InChI is InChI=1S/C16H32N2/c1-3-15-7-6-8-16(10-9-15)17-13-14(2)18-11-4-5-12-18/h14-17H,3-13H2,1-2H3. The lowest BCUT2D eigenvalue weighted by Crippen LogP contribution is -2.42. The van der Waals surface area contributed by atoms with Gasteiger partial charge in [-0.15, -0.1) is 0 Å². The summed E-state index contributed by atoms with van der Waals surface area (Å²) in [6.07, 6.45) is 11.4. The third kappa shape index (κ3) is 4.24. The molecule has 3 atom stereocenters. The normalized spacial score (nSPS) is 32.3. The van der Waals surface area contributed by atoms with Crippen LogP contribution in [0.3, 0.4) is 0 Å². The summed E-state index contributed by atoms with van der Waals surface area (Å²) in [5.41, 5.74) is 0. The predicted octanol–water partition coefficient (Wildman–Crippen LogP) is 3.42. The van der Waals surface area contributed by atoms with E-state index in [1.54, 1.807) is 0 Å². The van der Waals surface area contributed by atoms with E-state index in [9.17, 15) is 0 Å². The van der Waals surface area contributed by atoms with Crippen LogP contribution in [0.5, 0.6) is 0 Å². The van der Waals surface area contributed by atoms with E-state index < -0.39 is 0 Å². The minimum absolute atomic E-state index is 0.734. The van der Waals surface area contributed by atoms with Crippen molar-refractivity contribution in [3.8, 4) is 0 Å². The molecule has 2 nitrogen and oxygen atoms in total. The molecule has 1 saturated heterocycles. The average Bonchev–Trinajstić information content (AvgIpc) is 2.82. The molecule has 0 spiro atoms. The molecular weight excluding hydrogens is 220 g/mol. The van der Waals surface area contributed by atoms with Crippen LogP contribution in [-0.4, -0.2) is 36.6 Å². The molecule has 2 aliphatic rings. The van der Waals surface area contributed by atoms with Crippen molar-refractivity contribution in [2.75, 3.05) is 19.6 Å². The Kier molecular flexibility index (Phi) is 5.97. The SMILES string of the molecule is CCC1CCCC(NCC(C)N2CCCC2)CC1. The van der Waals surface area contributed by atoms with Crippen LogP contribution in [0.25, 0.3) is 0 Å². The fourth-order valence-corrected chi connectivity index (χ4v) is 3.64. The van der Waals surface area contributed by atoms with Crippen molar-refractivity contribution < 1.29 is 0 Å². The Morgan fingerprint density at radius 3 is 2.56 bits per heavy atom. The van der Waals surface area contributed by atoms with Gasteiger partial charge < -0.3 is 5.32 Å². The van der Waals surface area contributed by atoms with Crippen LogP contribution in [0.4, 0.5) is 0 Å². The van der Waals surface area contributed by atoms with Gasteiger partial charge in [-0.1, -0.05) is 26.2 Å². The van der Waals surface area contributed by atoms with Crippen molar-refractivity contribution in [2.24, 2.45) is 5.92 Å². The van der Waals surface area contributed by atoms with Crippen LogP contribution < -0.4 is 5.32 Å². The summed E-state index contributed by atoms with van der Waals surface area (Å²) in [5.74, 6) is 1.01. The van der Waals surface area contributed by atoms with E-state index >= 15 is 0 Å². The van der Waals surface area contributed by atoms with E-state index in [1.165, 1.54) is 71.0 Å². The fourth-order valence-electron chi connectivity index (χ4n) is 3.64. The van der Waals surface area contributed by atoms with Crippen LogP contribution >= 0.6 is 0 Å². The van der Waals surface area contributed by atoms with E-state index in [1.807, 2.05) is 0 Å². The Bertz CT molecular complexity index is 223. The summed E-state index contributed by atoms with van der Waals surface area (Å²) >= 11 is 0. The molecule has 2 rings (SSSR count). The zero-order valence-electron chi connectivity index (χ0n) is 12.5. The van der Waals surface area contributed by atoms with E-state index in [2.05, 4.69) is 24.1 Å². The first kappa shape index (κ1) is 14.3. The summed E-state index contributed by atoms with van der Waals surface area (Å²) < 4.78 is 0. The highest BCUT2D eigenvalue weighted by Gasteiger charge is 2.21. The summed E-state index contributed by atoms with van der Waals surface area (Å²) in [4.78, 5) is 2.65. The zero-order valence-corrected chi connectivity index (χ0v) is 12.5. The number of likely N-dealkylation sites (tertiary alicyclic amines) is 1. The Hall–Kier alpha value is -0.0800. The van der Waals surface area contributed by atoms with Crippen molar-refractivity contribution in [3.63, 3.8) is 0 Å². The molecule has 106 valence electrons. The van der Waals surface area contributed by atoms with Crippen molar-refractivity contribution in [1.29, 1.82) is 0 Å². The molecule has 2 fully saturated rings. The summed E-state index contributed by atoms with van der Waals surface area (Å²) in [7, 11) is 0. The summed E-state index contributed by atoms with van der Waals surface area (Å²) in [6, 6.07) is 1.53. The Morgan fingerprint density at radius 2 is 1.83 bits per heavy atom. The number of nitrogens with zero attached hydrogens (tertiary/aromatic N) is 1. The molecule has 3 unspecified atom stereocenters. The van der Waals surface area contributed by atoms with E-state index in [0.29, 0.717) is 0 Å². The monoisotopic (exact) mass is 252 g/mol. The minimum Gasteiger partial charge on any atom is -0.312 e. The maximum atomic E-state index is 3.84. The van der Waals surface area contributed by atoms with Gasteiger partial charge in [-0.2, -0.15) is 0 Å². The van der Waals surface area contributed by atoms with Gasteiger partial charge in [0.15, 0.2) is 0 Å². The van der Waals surface area contributed by atoms with Crippen LogP contribution in [0.1, 0.15) is 65.2 Å². The second-order valence-electron chi connectivity index (χ2n) is 6.48. The van der Waals surface area contributed by atoms with Gasteiger partial charge in [0.1, 0.15) is 0 Å². The molecule has 0 radical (unpaired) electrons. The summed E-state index contributed by atoms with van der Waals surface area (Å²) in [5, 5.41) is 3.84. The quantitative estimate of drug-likeness (QED) is 0.754. The number of hydrogen-bond acceptors (Lipinski definition) is 2. The average molecular weight is 252 g/mol. The van der Waals surface area contributed by atoms with Crippen LogP contribution in [0.15, 0.2) is 0 Å². The molecular formula is C16H32N2. The van der Waals surface area contributed by atoms with Gasteiger partial charge in [0.25, 0.3) is 0 Å². The number of rotatable bonds is 5.